The first-order chi connectivity index (χ1) is 62.9. The molecule has 2 aromatic heterocycles. The van der Waals surface area contributed by atoms with Crippen LogP contribution in [0.3, 0.4) is 0 Å². The summed E-state index contributed by atoms with van der Waals surface area (Å²) in [6.07, 6.45) is 1.91. The van der Waals surface area contributed by atoms with E-state index in [0.717, 1.165) is 57.3 Å². The lowest BCUT2D eigenvalue weighted by atomic mass is 9.96. The SMILES string of the molecule is Cc1ccccc1.Cc1ccccc1.Cc1ccccc1.Cc1ccccc1.Cc1ccccc1.Cc1ccccc1.c1ccc(-c2ccc3c(c2)-c2ccc(-c4cccc(-c5nc(-c6ccccc6)nc(-c6ccccc6)n5)c4)cc2C3)cc1.c1ccc(-c2ccc3c(c2)Cc2ccc(-c4cccc(-c5nc(-c6ccccc6)nc(-c6ccccc6)n5)c4)cc2-3)cc1. The highest BCUT2D eigenvalue weighted by molar-refractivity contribution is 5.87. The number of hydrogen-bond donors (Lipinski definition) is 0. The molecular formula is C122H102N6. The van der Waals surface area contributed by atoms with Crippen molar-refractivity contribution < 1.29 is 0 Å². The minimum absolute atomic E-state index is 0.662. The van der Waals surface area contributed by atoms with Gasteiger partial charge < -0.3 is 0 Å². The van der Waals surface area contributed by atoms with Crippen LogP contribution in [0.2, 0.25) is 0 Å². The highest BCUT2D eigenvalue weighted by Gasteiger charge is 2.23. The van der Waals surface area contributed by atoms with E-state index >= 15 is 0 Å². The van der Waals surface area contributed by atoms with Gasteiger partial charge in [0.05, 0.1) is 0 Å². The molecule has 6 heteroatoms. The Labute approximate surface area is 755 Å². The standard InChI is InChI=1S/2C40H27N3.6C7H8/c1-4-11-27(12-5-1)32-19-20-33-25-35-24-31(21-22-36(35)37(33)26-32)30-17-10-18-34(23-30)40-42-38(28-13-6-2-7-14-28)41-39(43-40)29-15-8-3-9-16-29;1-4-11-27(12-5-1)31-21-22-36-35(24-31)25-33-20-19-32(26-37(33)36)30-17-10-18-34(23-30)40-42-38(28-13-6-2-7-14-28)41-39(43-40)29-15-8-3-9-16-29;6*1-7-5-3-2-4-6-7/h2*1-24,26H,25H2;6*2-6H,1H3. The number of aryl methyl sites for hydroxylation is 6. The van der Waals surface area contributed by atoms with Crippen molar-refractivity contribution in [2.75, 3.05) is 0 Å². The van der Waals surface area contributed by atoms with Crippen molar-refractivity contribution >= 4 is 0 Å². The maximum absolute atomic E-state index is 4.93. The van der Waals surface area contributed by atoms with E-state index in [1.807, 2.05) is 231 Å². The van der Waals surface area contributed by atoms with E-state index in [9.17, 15) is 0 Å². The highest BCUT2D eigenvalue weighted by atomic mass is 15.0. The Hall–Kier alpha value is -16.0. The van der Waals surface area contributed by atoms with E-state index in [0.29, 0.717) is 34.9 Å². The Morgan fingerprint density at radius 1 is 0.125 bits per heavy atom. The van der Waals surface area contributed by atoms with Crippen molar-refractivity contribution in [3.63, 3.8) is 0 Å². The molecule has 0 saturated heterocycles. The molecule has 0 aliphatic heterocycles. The fourth-order valence-electron chi connectivity index (χ4n) is 15.1. The molecule has 0 saturated carbocycles. The molecule has 18 aromatic carbocycles. The van der Waals surface area contributed by atoms with Gasteiger partial charge in [-0.3, -0.25) is 0 Å². The van der Waals surface area contributed by atoms with Crippen LogP contribution < -0.4 is 0 Å². The van der Waals surface area contributed by atoms with Gasteiger partial charge in [-0.25, -0.2) is 29.9 Å². The van der Waals surface area contributed by atoms with Crippen LogP contribution in [0.1, 0.15) is 55.6 Å². The smallest absolute Gasteiger partial charge is 0.164 e. The Morgan fingerprint density at radius 2 is 0.305 bits per heavy atom. The summed E-state index contributed by atoms with van der Waals surface area (Å²) in [5.41, 5.74) is 34.2. The summed E-state index contributed by atoms with van der Waals surface area (Å²) in [6.45, 7) is 12.5. The Balaban J connectivity index is 0.000000135. The molecule has 2 heterocycles. The van der Waals surface area contributed by atoms with Gasteiger partial charge in [0, 0.05) is 33.4 Å². The molecule has 0 N–H and O–H groups in total. The van der Waals surface area contributed by atoms with Crippen molar-refractivity contribution in [1.82, 2.24) is 29.9 Å². The summed E-state index contributed by atoms with van der Waals surface area (Å²) in [5, 5.41) is 0. The van der Waals surface area contributed by atoms with E-state index in [4.69, 9.17) is 29.9 Å². The average Bonchev–Trinajstić information content (AvgIpc) is 1.62. The van der Waals surface area contributed by atoms with Gasteiger partial charge in [-0.05, 0) is 168 Å². The fraction of sp³-hybridized carbons (Fsp3) is 0.0656. The van der Waals surface area contributed by atoms with Crippen LogP contribution in [0.25, 0.3) is 135 Å². The van der Waals surface area contributed by atoms with Crippen LogP contribution in [0.15, 0.2) is 485 Å². The van der Waals surface area contributed by atoms with E-state index in [-0.39, 0.29) is 0 Å². The topological polar surface area (TPSA) is 77.3 Å². The van der Waals surface area contributed by atoms with Crippen LogP contribution in [0, 0.1) is 41.5 Å². The summed E-state index contributed by atoms with van der Waals surface area (Å²) in [6, 6.07) is 168. The highest BCUT2D eigenvalue weighted by Crippen LogP contribution is 2.44. The summed E-state index contributed by atoms with van der Waals surface area (Å²) in [5.74, 6) is 3.99. The van der Waals surface area contributed by atoms with Crippen LogP contribution in [-0.4, -0.2) is 29.9 Å². The largest absolute Gasteiger partial charge is 0.208 e. The normalized spacial score (nSPS) is 10.7. The Kier molecular flexibility index (Phi) is 30.1. The van der Waals surface area contributed by atoms with Gasteiger partial charge in [0.2, 0.25) is 0 Å². The Morgan fingerprint density at radius 3 is 0.547 bits per heavy atom. The van der Waals surface area contributed by atoms with Crippen LogP contribution in [0.5, 0.6) is 0 Å². The molecule has 6 nitrogen and oxygen atoms in total. The lowest BCUT2D eigenvalue weighted by Crippen LogP contribution is -2.00. The molecule has 2 aliphatic rings. The zero-order valence-corrected chi connectivity index (χ0v) is 73.3. The van der Waals surface area contributed by atoms with Crippen LogP contribution in [0.4, 0.5) is 0 Å². The number of nitrogens with zero attached hydrogens (tertiary/aromatic N) is 6. The molecule has 0 fully saturated rings. The molecule has 0 bridgehead atoms. The summed E-state index contributed by atoms with van der Waals surface area (Å²) in [4.78, 5) is 29.4. The molecule has 2 aliphatic carbocycles. The van der Waals surface area contributed by atoms with Crippen molar-refractivity contribution in [3.8, 4) is 135 Å². The third-order valence-corrected chi connectivity index (χ3v) is 21.9. The molecule has 0 amide bonds. The van der Waals surface area contributed by atoms with Crippen molar-refractivity contribution in [2.45, 2.75) is 54.4 Å². The zero-order chi connectivity index (χ0) is 87.9. The maximum atomic E-state index is 4.93. The monoisotopic (exact) mass is 1650 g/mol. The molecule has 0 atom stereocenters. The van der Waals surface area contributed by atoms with Gasteiger partial charge in [0.25, 0.3) is 0 Å². The first-order valence-corrected chi connectivity index (χ1v) is 43.6. The third-order valence-electron chi connectivity index (χ3n) is 21.9. The molecule has 620 valence electrons. The van der Waals surface area contributed by atoms with E-state index in [1.54, 1.807) is 0 Å². The van der Waals surface area contributed by atoms with Gasteiger partial charge in [-0.2, -0.15) is 0 Å². The average molecular weight is 1650 g/mol. The molecule has 0 radical (unpaired) electrons. The quantitative estimate of drug-likeness (QED) is 0.136. The predicted octanol–water partition coefficient (Wildman–Crippen LogP) is 31.5. The Bertz CT molecular complexity index is 6450. The van der Waals surface area contributed by atoms with Crippen LogP contribution >= 0.6 is 0 Å². The lowest BCUT2D eigenvalue weighted by molar-refractivity contribution is 1.07. The fourth-order valence-corrected chi connectivity index (χ4v) is 15.1. The lowest BCUT2D eigenvalue weighted by Gasteiger charge is -2.10. The maximum Gasteiger partial charge on any atom is 0.164 e. The van der Waals surface area contributed by atoms with Crippen molar-refractivity contribution in [3.05, 3.63) is 541 Å². The second-order valence-electron chi connectivity index (χ2n) is 31.7. The number of rotatable bonds is 10. The minimum atomic E-state index is 0.662. The molecule has 128 heavy (non-hydrogen) atoms. The summed E-state index contributed by atoms with van der Waals surface area (Å²) >= 11 is 0. The summed E-state index contributed by atoms with van der Waals surface area (Å²) < 4.78 is 0. The van der Waals surface area contributed by atoms with Gasteiger partial charge >= 0.3 is 0 Å². The number of hydrogen-bond acceptors (Lipinski definition) is 6. The summed E-state index contributed by atoms with van der Waals surface area (Å²) in [7, 11) is 0. The van der Waals surface area contributed by atoms with E-state index < -0.39 is 0 Å². The molecule has 0 unspecified atom stereocenters. The second kappa shape index (κ2) is 44.3. The minimum Gasteiger partial charge on any atom is -0.208 e. The molecular weight excluding hydrogens is 1550 g/mol. The van der Waals surface area contributed by atoms with E-state index in [2.05, 4.69) is 296 Å². The van der Waals surface area contributed by atoms with Crippen LogP contribution in [-0.2, 0) is 12.8 Å². The number of benzene rings is 18. The predicted molar refractivity (Wildman–Crippen MR) is 538 cm³/mol. The first-order valence-electron chi connectivity index (χ1n) is 43.6. The molecule has 20 aromatic rings. The second-order valence-corrected chi connectivity index (χ2v) is 31.7. The van der Waals surface area contributed by atoms with Gasteiger partial charge in [-0.15, -0.1) is 0 Å². The molecule has 0 spiro atoms. The van der Waals surface area contributed by atoms with Gasteiger partial charge in [0.1, 0.15) is 0 Å². The number of fused-ring (bicyclic) bond motifs is 6. The zero-order valence-electron chi connectivity index (χ0n) is 73.3. The third kappa shape index (κ3) is 24.3. The molecule has 22 rings (SSSR count). The van der Waals surface area contributed by atoms with Gasteiger partial charge in [-0.1, -0.05) is 494 Å². The first kappa shape index (κ1) is 86.9. The van der Waals surface area contributed by atoms with E-state index in [1.165, 1.54) is 111 Å². The van der Waals surface area contributed by atoms with Gasteiger partial charge in [0.15, 0.2) is 34.9 Å². The van der Waals surface area contributed by atoms with Crippen molar-refractivity contribution in [2.24, 2.45) is 0 Å². The number of aromatic nitrogens is 6. The van der Waals surface area contributed by atoms with Crippen molar-refractivity contribution in [1.29, 1.82) is 0 Å².